The first kappa shape index (κ1) is 11.9. The summed E-state index contributed by atoms with van der Waals surface area (Å²) in [5, 5.41) is 10.00. The third kappa shape index (κ3) is 1.93. The zero-order valence-corrected chi connectivity index (χ0v) is 8.95. The Kier molecular flexibility index (Phi) is 3.26. The molecule has 0 aromatic rings. The monoisotopic (exact) mass is 213 g/mol. The number of carbonyl (C=O) groups is 2. The van der Waals surface area contributed by atoms with Crippen molar-refractivity contribution in [2.75, 3.05) is 6.61 Å². The number of hydrogen-bond acceptors (Lipinski definition) is 4. The summed E-state index contributed by atoms with van der Waals surface area (Å²) in [4.78, 5) is 23.8. The van der Waals surface area contributed by atoms with E-state index in [1.807, 2.05) is 0 Å². The number of nitrogens with zero attached hydrogens (tertiary/aromatic N) is 1. The molecule has 1 aliphatic heterocycles. The van der Waals surface area contributed by atoms with Crippen LogP contribution < -0.4 is 0 Å². The molecule has 1 rings (SSSR count). The van der Waals surface area contributed by atoms with Crippen molar-refractivity contribution < 1.29 is 19.4 Å². The molecule has 1 heterocycles. The normalized spacial score (nSPS) is 21.0. The molecule has 0 saturated carbocycles. The van der Waals surface area contributed by atoms with Crippen LogP contribution in [-0.4, -0.2) is 34.3 Å². The zero-order chi connectivity index (χ0) is 11.6. The SMILES string of the molecule is C=C1CC(=O)N(C(O)(CC)OCC)C1=O. The highest BCUT2D eigenvalue weighted by Gasteiger charge is 2.46. The number of aliphatic hydroxyl groups is 1. The molecule has 2 amide bonds. The second-order valence-corrected chi connectivity index (χ2v) is 3.34. The minimum Gasteiger partial charge on any atom is -0.348 e. The molecule has 0 spiro atoms. The summed E-state index contributed by atoms with van der Waals surface area (Å²) in [6.07, 6.45) is 0.0832. The summed E-state index contributed by atoms with van der Waals surface area (Å²) in [7, 11) is 0. The minimum atomic E-state index is -1.83. The van der Waals surface area contributed by atoms with Crippen LogP contribution in [0.15, 0.2) is 12.2 Å². The lowest BCUT2D eigenvalue weighted by atomic mass is 10.3. The Hall–Kier alpha value is -1.20. The Morgan fingerprint density at radius 1 is 1.53 bits per heavy atom. The molecule has 1 unspecified atom stereocenters. The van der Waals surface area contributed by atoms with Crippen LogP contribution >= 0.6 is 0 Å². The second-order valence-electron chi connectivity index (χ2n) is 3.34. The van der Waals surface area contributed by atoms with Gasteiger partial charge in [0.25, 0.3) is 11.8 Å². The summed E-state index contributed by atoms with van der Waals surface area (Å²) < 4.78 is 5.05. The summed E-state index contributed by atoms with van der Waals surface area (Å²) >= 11 is 0. The average Bonchev–Trinajstić information content (AvgIpc) is 2.42. The van der Waals surface area contributed by atoms with Gasteiger partial charge in [-0.15, -0.1) is 0 Å². The molecule has 0 radical (unpaired) electrons. The van der Waals surface area contributed by atoms with E-state index in [1.165, 1.54) is 0 Å². The first-order valence-corrected chi connectivity index (χ1v) is 4.87. The van der Waals surface area contributed by atoms with Crippen molar-refractivity contribution in [2.24, 2.45) is 0 Å². The molecule has 84 valence electrons. The molecule has 1 N–H and O–H groups in total. The zero-order valence-electron chi connectivity index (χ0n) is 8.95. The van der Waals surface area contributed by atoms with Crippen LogP contribution in [0, 0.1) is 0 Å². The van der Waals surface area contributed by atoms with Crippen LogP contribution in [0.2, 0.25) is 0 Å². The number of ether oxygens (including phenoxy) is 1. The standard InChI is InChI=1S/C10H15NO4/c1-4-10(14,15-5-2)11-8(12)6-7(3)9(11)13/h14H,3-6H2,1-2H3. The van der Waals surface area contributed by atoms with Crippen molar-refractivity contribution >= 4 is 11.8 Å². The van der Waals surface area contributed by atoms with Crippen molar-refractivity contribution in [2.45, 2.75) is 32.6 Å². The molecular formula is C10H15NO4. The maximum atomic E-state index is 11.6. The Morgan fingerprint density at radius 3 is 2.47 bits per heavy atom. The van der Waals surface area contributed by atoms with Crippen molar-refractivity contribution in [3.63, 3.8) is 0 Å². The maximum Gasteiger partial charge on any atom is 0.260 e. The molecule has 1 saturated heterocycles. The molecule has 5 heteroatoms. The number of likely N-dealkylation sites (tertiary alicyclic amines) is 1. The first-order chi connectivity index (χ1) is 6.96. The van der Waals surface area contributed by atoms with E-state index >= 15 is 0 Å². The summed E-state index contributed by atoms with van der Waals surface area (Å²) in [5.41, 5.74) is 0.187. The van der Waals surface area contributed by atoms with Gasteiger partial charge in [-0.05, 0) is 6.92 Å². The Morgan fingerprint density at radius 2 is 2.13 bits per heavy atom. The molecule has 5 nitrogen and oxygen atoms in total. The van der Waals surface area contributed by atoms with E-state index in [-0.39, 0.29) is 25.0 Å². The second kappa shape index (κ2) is 4.12. The van der Waals surface area contributed by atoms with Crippen molar-refractivity contribution in [1.29, 1.82) is 0 Å². The van der Waals surface area contributed by atoms with Crippen molar-refractivity contribution in [3.8, 4) is 0 Å². The molecule has 15 heavy (non-hydrogen) atoms. The van der Waals surface area contributed by atoms with Gasteiger partial charge < -0.3 is 9.84 Å². The van der Waals surface area contributed by atoms with Crippen molar-refractivity contribution in [3.05, 3.63) is 12.2 Å². The van der Waals surface area contributed by atoms with Gasteiger partial charge in [0.1, 0.15) is 0 Å². The van der Waals surface area contributed by atoms with Gasteiger partial charge in [-0.25, -0.2) is 4.90 Å². The highest BCUT2D eigenvalue weighted by Crippen LogP contribution is 2.27. The number of amides is 2. The largest absolute Gasteiger partial charge is 0.348 e. The first-order valence-electron chi connectivity index (χ1n) is 4.87. The molecule has 0 bridgehead atoms. The topological polar surface area (TPSA) is 66.8 Å². The fourth-order valence-electron chi connectivity index (χ4n) is 1.52. The van der Waals surface area contributed by atoms with Crippen LogP contribution in [0.1, 0.15) is 26.7 Å². The Labute approximate surface area is 88.3 Å². The summed E-state index contributed by atoms with van der Waals surface area (Å²) in [6, 6.07) is 0. The highest BCUT2D eigenvalue weighted by molar-refractivity contribution is 6.13. The van der Waals surface area contributed by atoms with Gasteiger partial charge in [0.2, 0.25) is 5.91 Å². The van der Waals surface area contributed by atoms with Crippen LogP contribution in [0.25, 0.3) is 0 Å². The number of imide groups is 1. The van der Waals surface area contributed by atoms with Gasteiger partial charge in [-0.2, -0.15) is 0 Å². The Balaban J connectivity index is 2.98. The van der Waals surface area contributed by atoms with Gasteiger partial charge >= 0.3 is 0 Å². The smallest absolute Gasteiger partial charge is 0.260 e. The molecular weight excluding hydrogens is 198 g/mol. The van der Waals surface area contributed by atoms with Gasteiger partial charge in [0.05, 0.1) is 6.42 Å². The van der Waals surface area contributed by atoms with E-state index in [1.54, 1.807) is 13.8 Å². The summed E-state index contributed by atoms with van der Waals surface area (Å²) in [5.74, 6) is -2.86. The van der Waals surface area contributed by atoms with Gasteiger partial charge in [-0.1, -0.05) is 13.5 Å². The van der Waals surface area contributed by atoms with E-state index in [0.717, 1.165) is 4.90 Å². The quantitative estimate of drug-likeness (QED) is 0.417. The maximum absolute atomic E-state index is 11.6. The summed E-state index contributed by atoms with van der Waals surface area (Å²) in [6.45, 7) is 7.00. The predicted octanol–water partition coefficient (Wildman–Crippen LogP) is 0.394. The lowest BCUT2D eigenvalue weighted by Gasteiger charge is -2.33. The van der Waals surface area contributed by atoms with Crippen LogP contribution in [0.4, 0.5) is 0 Å². The lowest BCUT2D eigenvalue weighted by molar-refractivity contribution is -0.273. The van der Waals surface area contributed by atoms with Gasteiger partial charge in [0.15, 0.2) is 0 Å². The van der Waals surface area contributed by atoms with E-state index < -0.39 is 17.7 Å². The molecule has 1 fully saturated rings. The van der Waals surface area contributed by atoms with Crippen LogP contribution in [0.3, 0.4) is 0 Å². The third-order valence-electron chi connectivity index (χ3n) is 2.31. The van der Waals surface area contributed by atoms with Gasteiger partial charge in [0, 0.05) is 18.6 Å². The number of hydrogen-bond donors (Lipinski definition) is 1. The third-order valence-corrected chi connectivity index (χ3v) is 2.31. The minimum absolute atomic E-state index is 0.0474. The van der Waals surface area contributed by atoms with Gasteiger partial charge in [-0.3, -0.25) is 9.59 Å². The molecule has 0 aromatic heterocycles. The van der Waals surface area contributed by atoms with Crippen LogP contribution in [0.5, 0.6) is 0 Å². The van der Waals surface area contributed by atoms with E-state index in [0.29, 0.717) is 0 Å². The Bertz CT molecular complexity index is 313. The highest BCUT2D eigenvalue weighted by atomic mass is 16.6. The predicted molar refractivity (Wildman–Crippen MR) is 52.5 cm³/mol. The molecule has 0 aromatic carbocycles. The van der Waals surface area contributed by atoms with Crippen LogP contribution in [-0.2, 0) is 14.3 Å². The molecule has 0 aliphatic carbocycles. The van der Waals surface area contributed by atoms with Crippen molar-refractivity contribution in [1.82, 2.24) is 4.90 Å². The number of rotatable bonds is 4. The fourth-order valence-corrected chi connectivity index (χ4v) is 1.52. The lowest BCUT2D eigenvalue weighted by Crippen LogP contribution is -2.53. The van der Waals surface area contributed by atoms with E-state index in [2.05, 4.69) is 6.58 Å². The van der Waals surface area contributed by atoms with E-state index in [9.17, 15) is 14.7 Å². The molecule has 1 aliphatic rings. The average molecular weight is 213 g/mol. The number of carbonyl (C=O) groups excluding carboxylic acids is 2. The van der Waals surface area contributed by atoms with E-state index in [4.69, 9.17) is 4.74 Å². The molecule has 1 atom stereocenters. The fraction of sp³-hybridized carbons (Fsp3) is 0.600.